The molecule has 2 N–H and O–H groups in total. The first-order valence-electron chi connectivity index (χ1n) is 6.91. The zero-order chi connectivity index (χ0) is 15.7. The summed E-state index contributed by atoms with van der Waals surface area (Å²) in [7, 11) is 0.772. The Morgan fingerprint density at radius 3 is 2.52 bits per heavy atom. The maximum atomic E-state index is 12.1. The Balaban J connectivity index is 2.35. The molecule has 118 valence electrons. The van der Waals surface area contributed by atoms with Crippen LogP contribution in [0.4, 0.5) is 0 Å². The SMILES string of the molecule is CN=C(NCCS(=O)c1ccccc1)NCC(C)(C)SC. The van der Waals surface area contributed by atoms with Crippen LogP contribution in [-0.4, -0.2) is 47.1 Å². The van der Waals surface area contributed by atoms with E-state index < -0.39 is 10.8 Å². The van der Waals surface area contributed by atoms with Crippen LogP contribution < -0.4 is 10.6 Å². The lowest BCUT2D eigenvalue weighted by Crippen LogP contribution is -2.44. The van der Waals surface area contributed by atoms with Crippen molar-refractivity contribution in [1.82, 2.24) is 10.6 Å². The minimum Gasteiger partial charge on any atom is -0.355 e. The average Bonchev–Trinajstić information content (AvgIpc) is 2.51. The standard InChI is InChI=1S/C15H25N3OS2/c1-15(2,20-4)12-18-14(16-3)17-10-11-21(19)13-8-6-5-7-9-13/h5-9H,10-12H2,1-4H3,(H2,16,17,18). The molecule has 6 heteroatoms. The third-order valence-corrected chi connectivity index (χ3v) is 5.67. The van der Waals surface area contributed by atoms with Crippen molar-refractivity contribution in [2.75, 3.05) is 32.1 Å². The molecule has 0 heterocycles. The number of thioether (sulfide) groups is 1. The molecule has 1 unspecified atom stereocenters. The Bertz CT molecular complexity index is 475. The summed E-state index contributed by atoms with van der Waals surface area (Å²) in [6.45, 7) is 5.82. The highest BCUT2D eigenvalue weighted by Gasteiger charge is 2.16. The highest BCUT2D eigenvalue weighted by atomic mass is 32.2. The van der Waals surface area contributed by atoms with Crippen LogP contribution >= 0.6 is 11.8 Å². The third-order valence-electron chi connectivity index (χ3n) is 3.04. The molecule has 1 atom stereocenters. The number of nitrogens with zero attached hydrogens (tertiary/aromatic N) is 1. The zero-order valence-corrected chi connectivity index (χ0v) is 14.8. The van der Waals surface area contributed by atoms with Crippen molar-refractivity contribution in [2.45, 2.75) is 23.5 Å². The monoisotopic (exact) mass is 327 g/mol. The first-order chi connectivity index (χ1) is 9.98. The van der Waals surface area contributed by atoms with Gasteiger partial charge >= 0.3 is 0 Å². The maximum Gasteiger partial charge on any atom is 0.191 e. The number of aliphatic imine (C=N–C) groups is 1. The lowest BCUT2D eigenvalue weighted by atomic mass is 10.2. The molecule has 0 fully saturated rings. The first-order valence-corrected chi connectivity index (χ1v) is 9.46. The molecule has 0 spiro atoms. The summed E-state index contributed by atoms with van der Waals surface area (Å²) in [6.07, 6.45) is 2.10. The van der Waals surface area contributed by atoms with Crippen molar-refractivity contribution in [1.29, 1.82) is 0 Å². The topological polar surface area (TPSA) is 53.5 Å². The van der Waals surface area contributed by atoms with Crippen LogP contribution in [0.15, 0.2) is 40.2 Å². The van der Waals surface area contributed by atoms with Crippen LogP contribution in [0.1, 0.15) is 13.8 Å². The second-order valence-corrected chi connectivity index (χ2v) is 8.26. The van der Waals surface area contributed by atoms with Gasteiger partial charge < -0.3 is 10.6 Å². The summed E-state index contributed by atoms with van der Waals surface area (Å²) < 4.78 is 12.2. The van der Waals surface area contributed by atoms with E-state index in [4.69, 9.17) is 0 Å². The molecular weight excluding hydrogens is 302 g/mol. The number of hydrogen-bond acceptors (Lipinski definition) is 3. The van der Waals surface area contributed by atoms with Gasteiger partial charge in [-0.05, 0) is 32.2 Å². The Hall–Kier alpha value is -1.01. The van der Waals surface area contributed by atoms with E-state index in [9.17, 15) is 4.21 Å². The molecule has 21 heavy (non-hydrogen) atoms. The van der Waals surface area contributed by atoms with Gasteiger partial charge in [0.15, 0.2) is 5.96 Å². The van der Waals surface area contributed by atoms with Crippen molar-refractivity contribution in [3.05, 3.63) is 30.3 Å². The minimum absolute atomic E-state index is 0.157. The molecule has 1 aromatic rings. The van der Waals surface area contributed by atoms with Crippen LogP contribution in [0.25, 0.3) is 0 Å². The molecule has 1 rings (SSSR count). The van der Waals surface area contributed by atoms with Gasteiger partial charge in [0.25, 0.3) is 0 Å². The molecule has 0 bridgehead atoms. The van der Waals surface area contributed by atoms with Gasteiger partial charge in [-0.15, -0.1) is 0 Å². The fourth-order valence-electron chi connectivity index (χ4n) is 1.54. The summed E-state index contributed by atoms with van der Waals surface area (Å²) >= 11 is 1.81. The fourth-order valence-corrected chi connectivity index (χ4v) is 2.74. The summed E-state index contributed by atoms with van der Waals surface area (Å²) in [6, 6.07) is 9.53. The predicted molar refractivity (Wildman–Crippen MR) is 94.7 cm³/mol. The molecule has 0 aliphatic heterocycles. The summed E-state index contributed by atoms with van der Waals surface area (Å²) in [5.74, 6) is 1.32. The third kappa shape index (κ3) is 7.00. The van der Waals surface area contributed by atoms with E-state index >= 15 is 0 Å². The van der Waals surface area contributed by atoms with E-state index in [0.717, 1.165) is 17.4 Å². The van der Waals surface area contributed by atoms with Gasteiger partial charge in [-0.25, -0.2) is 0 Å². The van der Waals surface area contributed by atoms with Crippen molar-refractivity contribution in [3.8, 4) is 0 Å². The summed E-state index contributed by atoms with van der Waals surface area (Å²) in [4.78, 5) is 5.05. The quantitative estimate of drug-likeness (QED) is 0.595. The molecular formula is C15H25N3OS2. The van der Waals surface area contributed by atoms with Gasteiger partial charge in [0.05, 0.1) is 10.8 Å². The number of guanidine groups is 1. The van der Waals surface area contributed by atoms with Crippen molar-refractivity contribution in [2.24, 2.45) is 4.99 Å². The Labute approximate surface area is 134 Å². The van der Waals surface area contributed by atoms with E-state index in [0.29, 0.717) is 12.3 Å². The molecule has 0 aliphatic rings. The number of rotatable bonds is 7. The molecule has 1 aromatic carbocycles. The van der Waals surface area contributed by atoms with Crippen molar-refractivity contribution in [3.63, 3.8) is 0 Å². The fraction of sp³-hybridized carbons (Fsp3) is 0.533. The lowest BCUT2D eigenvalue weighted by molar-refractivity contribution is 0.664. The van der Waals surface area contributed by atoms with Crippen LogP contribution in [0.5, 0.6) is 0 Å². The summed E-state index contributed by atoms with van der Waals surface area (Å²) in [5, 5.41) is 6.50. The summed E-state index contributed by atoms with van der Waals surface area (Å²) in [5.41, 5.74) is 0. The Kier molecular flexibility index (Phi) is 7.82. The van der Waals surface area contributed by atoms with Crippen LogP contribution in [0.3, 0.4) is 0 Å². The second-order valence-electron chi connectivity index (χ2n) is 5.18. The van der Waals surface area contributed by atoms with Gasteiger partial charge in [-0.2, -0.15) is 11.8 Å². The Morgan fingerprint density at radius 2 is 1.95 bits per heavy atom. The van der Waals surface area contributed by atoms with E-state index in [1.165, 1.54) is 0 Å². The molecule has 0 aromatic heterocycles. The molecule has 0 radical (unpaired) electrons. The zero-order valence-electron chi connectivity index (χ0n) is 13.2. The maximum absolute atomic E-state index is 12.1. The highest BCUT2D eigenvalue weighted by Crippen LogP contribution is 2.19. The molecule has 0 saturated heterocycles. The van der Waals surface area contributed by atoms with E-state index in [1.807, 2.05) is 42.1 Å². The van der Waals surface area contributed by atoms with Gasteiger partial charge in [0.1, 0.15) is 0 Å². The van der Waals surface area contributed by atoms with Gasteiger partial charge in [0.2, 0.25) is 0 Å². The van der Waals surface area contributed by atoms with Crippen LogP contribution in [0, 0.1) is 0 Å². The van der Waals surface area contributed by atoms with Gasteiger partial charge in [-0.3, -0.25) is 9.20 Å². The van der Waals surface area contributed by atoms with E-state index in [-0.39, 0.29) is 4.75 Å². The minimum atomic E-state index is -0.974. The first kappa shape index (κ1) is 18.0. The largest absolute Gasteiger partial charge is 0.355 e. The van der Waals surface area contributed by atoms with Gasteiger partial charge in [0, 0.05) is 35.5 Å². The van der Waals surface area contributed by atoms with Crippen LogP contribution in [-0.2, 0) is 10.8 Å². The smallest absolute Gasteiger partial charge is 0.191 e. The molecule has 4 nitrogen and oxygen atoms in total. The molecule has 0 saturated carbocycles. The van der Waals surface area contributed by atoms with Crippen molar-refractivity contribution >= 4 is 28.5 Å². The number of nitrogens with one attached hydrogen (secondary N) is 2. The number of hydrogen-bond donors (Lipinski definition) is 2. The van der Waals surface area contributed by atoms with E-state index in [1.54, 1.807) is 7.05 Å². The van der Waals surface area contributed by atoms with Crippen LogP contribution in [0.2, 0.25) is 0 Å². The lowest BCUT2D eigenvalue weighted by Gasteiger charge is -2.23. The van der Waals surface area contributed by atoms with Gasteiger partial charge in [-0.1, -0.05) is 18.2 Å². The second kappa shape index (κ2) is 9.10. The number of benzene rings is 1. The van der Waals surface area contributed by atoms with E-state index in [2.05, 4.69) is 35.7 Å². The molecule has 0 aliphatic carbocycles. The highest BCUT2D eigenvalue weighted by molar-refractivity contribution is 7.99. The molecule has 0 amide bonds. The Morgan fingerprint density at radius 1 is 1.29 bits per heavy atom. The predicted octanol–water partition coefficient (Wildman–Crippen LogP) is 2.10. The average molecular weight is 328 g/mol. The normalized spacial score (nSPS) is 13.8. The van der Waals surface area contributed by atoms with Crippen molar-refractivity contribution < 1.29 is 4.21 Å².